The third kappa shape index (κ3) is 3.94. The summed E-state index contributed by atoms with van der Waals surface area (Å²) in [6.45, 7) is 6.10. The number of hydrogen-bond acceptors (Lipinski definition) is 4. The second kappa shape index (κ2) is 7.87. The van der Waals surface area contributed by atoms with Gasteiger partial charge in [-0.3, -0.25) is 4.79 Å². The van der Waals surface area contributed by atoms with Gasteiger partial charge in [0, 0.05) is 5.69 Å². The normalized spacial score (nSPS) is 10.6. The predicted molar refractivity (Wildman–Crippen MR) is 101 cm³/mol. The Hall–Kier alpha value is -3.08. The van der Waals surface area contributed by atoms with Gasteiger partial charge in [0.15, 0.2) is 0 Å². The molecule has 3 aromatic rings. The highest BCUT2D eigenvalue weighted by Crippen LogP contribution is 2.23. The molecule has 5 nitrogen and oxygen atoms in total. The molecule has 1 heterocycles. The lowest BCUT2D eigenvalue weighted by Crippen LogP contribution is -2.14. The van der Waals surface area contributed by atoms with E-state index in [0.29, 0.717) is 17.9 Å². The average molecular weight is 350 g/mol. The maximum Gasteiger partial charge on any atom is 0.259 e. The maximum atomic E-state index is 12.7. The summed E-state index contributed by atoms with van der Waals surface area (Å²) in [5.74, 6) is 1.05. The lowest BCUT2D eigenvalue weighted by Gasteiger charge is -2.12. The third-order valence-electron chi connectivity index (χ3n) is 4.28. The van der Waals surface area contributed by atoms with Gasteiger partial charge in [0.2, 0.25) is 0 Å². The second-order valence-electron chi connectivity index (χ2n) is 6.10. The summed E-state index contributed by atoms with van der Waals surface area (Å²) < 4.78 is 11.0. The molecule has 0 aliphatic heterocycles. The number of carbonyl (C=O) groups is 1. The number of rotatable bonds is 6. The summed E-state index contributed by atoms with van der Waals surface area (Å²) >= 11 is 0. The van der Waals surface area contributed by atoms with Crippen LogP contribution < -0.4 is 10.1 Å². The molecule has 0 saturated carbocycles. The minimum atomic E-state index is -0.201. The van der Waals surface area contributed by atoms with E-state index < -0.39 is 0 Å². The summed E-state index contributed by atoms with van der Waals surface area (Å²) in [5.41, 5.74) is 4.12. The molecule has 0 spiro atoms. The number of hydrogen-bond donors (Lipinski definition) is 1. The fourth-order valence-corrected chi connectivity index (χ4v) is 2.71. The first-order valence-electron chi connectivity index (χ1n) is 8.62. The molecular formula is C21H22N2O3. The lowest BCUT2D eigenvalue weighted by molar-refractivity contribution is 0.102. The molecule has 3 rings (SSSR count). The van der Waals surface area contributed by atoms with Gasteiger partial charge < -0.3 is 14.6 Å². The summed E-state index contributed by atoms with van der Waals surface area (Å²) in [5, 5.41) is 6.86. The highest BCUT2D eigenvalue weighted by Gasteiger charge is 2.15. The van der Waals surface area contributed by atoms with Crippen LogP contribution in [0.3, 0.4) is 0 Å². The van der Waals surface area contributed by atoms with Crippen molar-refractivity contribution >= 4 is 11.6 Å². The molecule has 0 saturated heterocycles. The van der Waals surface area contributed by atoms with Crippen molar-refractivity contribution in [3.63, 3.8) is 0 Å². The number of para-hydroxylation sites is 1. The predicted octanol–water partition coefficient (Wildman–Crippen LogP) is 4.69. The van der Waals surface area contributed by atoms with Gasteiger partial charge in [-0.25, -0.2) is 0 Å². The molecule has 134 valence electrons. The number of ether oxygens (including phenoxy) is 1. The van der Waals surface area contributed by atoms with Crippen molar-refractivity contribution in [1.29, 1.82) is 0 Å². The van der Waals surface area contributed by atoms with Crippen LogP contribution in [0.5, 0.6) is 5.75 Å². The molecule has 1 N–H and O–H groups in total. The number of aromatic nitrogens is 1. The SMILES string of the molecule is CCc1cccc(NC(=O)c2ccccc2OCc2c(C)noc2C)c1. The van der Waals surface area contributed by atoms with E-state index in [1.54, 1.807) is 12.1 Å². The van der Waals surface area contributed by atoms with Gasteiger partial charge in [-0.1, -0.05) is 36.3 Å². The van der Waals surface area contributed by atoms with E-state index in [0.717, 1.165) is 29.1 Å². The quantitative estimate of drug-likeness (QED) is 0.701. The number of benzene rings is 2. The van der Waals surface area contributed by atoms with Gasteiger partial charge in [0.1, 0.15) is 18.1 Å². The van der Waals surface area contributed by atoms with Gasteiger partial charge in [-0.15, -0.1) is 0 Å². The van der Waals surface area contributed by atoms with Crippen LogP contribution in [0.15, 0.2) is 53.1 Å². The van der Waals surface area contributed by atoms with Crippen molar-refractivity contribution in [1.82, 2.24) is 5.16 Å². The monoisotopic (exact) mass is 350 g/mol. The molecule has 0 unspecified atom stereocenters. The van der Waals surface area contributed by atoms with Crippen LogP contribution in [-0.2, 0) is 13.0 Å². The van der Waals surface area contributed by atoms with Crippen molar-refractivity contribution in [3.8, 4) is 5.75 Å². The van der Waals surface area contributed by atoms with E-state index in [4.69, 9.17) is 9.26 Å². The number of aryl methyl sites for hydroxylation is 3. The minimum absolute atomic E-state index is 0.201. The summed E-state index contributed by atoms with van der Waals surface area (Å²) in [7, 11) is 0. The van der Waals surface area contributed by atoms with Crippen LogP contribution in [0.4, 0.5) is 5.69 Å². The van der Waals surface area contributed by atoms with Gasteiger partial charge in [-0.2, -0.15) is 0 Å². The first-order valence-corrected chi connectivity index (χ1v) is 8.62. The molecule has 0 radical (unpaired) electrons. The molecule has 0 aliphatic carbocycles. The Morgan fingerprint density at radius 1 is 1.15 bits per heavy atom. The number of carbonyl (C=O) groups excluding carboxylic acids is 1. The fourth-order valence-electron chi connectivity index (χ4n) is 2.71. The summed E-state index contributed by atoms with van der Waals surface area (Å²) in [4.78, 5) is 12.7. The van der Waals surface area contributed by atoms with Crippen molar-refractivity contribution in [2.24, 2.45) is 0 Å². The molecule has 0 aliphatic rings. The zero-order valence-electron chi connectivity index (χ0n) is 15.2. The summed E-state index contributed by atoms with van der Waals surface area (Å²) in [6.07, 6.45) is 0.918. The number of nitrogens with one attached hydrogen (secondary N) is 1. The van der Waals surface area contributed by atoms with E-state index in [2.05, 4.69) is 17.4 Å². The Morgan fingerprint density at radius 2 is 1.96 bits per heavy atom. The Bertz CT molecular complexity index is 896. The Kier molecular flexibility index (Phi) is 5.37. The van der Waals surface area contributed by atoms with Crippen molar-refractivity contribution < 1.29 is 14.1 Å². The molecule has 0 bridgehead atoms. The van der Waals surface area contributed by atoms with E-state index in [1.807, 2.05) is 50.2 Å². The zero-order valence-corrected chi connectivity index (χ0v) is 15.2. The second-order valence-corrected chi connectivity index (χ2v) is 6.10. The molecular weight excluding hydrogens is 328 g/mol. The molecule has 0 fully saturated rings. The molecule has 1 amide bonds. The van der Waals surface area contributed by atoms with E-state index in [9.17, 15) is 4.79 Å². The largest absolute Gasteiger partial charge is 0.488 e. The van der Waals surface area contributed by atoms with Crippen molar-refractivity contribution in [3.05, 3.63) is 76.7 Å². The van der Waals surface area contributed by atoms with E-state index in [1.165, 1.54) is 5.56 Å². The topological polar surface area (TPSA) is 64.4 Å². The summed E-state index contributed by atoms with van der Waals surface area (Å²) in [6, 6.07) is 15.0. The fraction of sp³-hybridized carbons (Fsp3) is 0.238. The van der Waals surface area contributed by atoms with Crippen LogP contribution in [0, 0.1) is 13.8 Å². The van der Waals surface area contributed by atoms with Gasteiger partial charge in [-0.05, 0) is 50.1 Å². The van der Waals surface area contributed by atoms with Gasteiger partial charge in [0.25, 0.3) is 5.91 Å². The first-order chi connectivity index (χ1) is 12.6. The zero-order chi connectivity index (χ0) is 18.5. The third-order valence-corrected chi connectivity index (χ3v) is 4.28. The average Bonchev–Trinajstić information content (AvgIpc) is 2.98. The number of nitrogens with zero attached hydrogens (tertiary/aromatic N) is 1. The van der Waals surface area contributed by atoms with Crippen LogP contribution in [-0.4, -0.2) is 11.1 Å². The lowest BCUT2D eigenvalue weighted by atomic mass is 10.1. The Morgan fingerprint density at radius 3 is 2.69 bits per heavy atom. The van der Waals surface area contributed by atoms with Gasteiger partial charge >= 0.3 is 0 Å². The smallest absolute Gasteiger partial charge is 0.259 e. The molecule has 5 heteroatoms. The van der Waals surface area contributed by atoms with Crippen LogP contribution >= 0.6 is 0 Å². The van der Waals surface area contributed by atoms with Gasteiger partial charge in [0.05, 0.1) is 16.8 Å². The highest BCUT2D eigenvalue weighted by molar-refractivity contribution is 6.06. The van der Waals surface area contributed by atoms with Crippen LogP contribution in [0.25, 0.3) is 0 Å². The molecule has 0 atom stereocenters. The van der Waals surface area contributed by atoms with Crippen LogP contribution in [0.2, 0.25) is 0 Å². The minimum Gasteiger partial charge on any atom is -0.488 e. The Labute approximate surface area is 153 Å². The van der Waals surface area contributed by atoms with Crippen LogP contribution in [0.1, 0.15) is 39.9 Å². The number of amides is 1. The van der Waals surface area contributed by atoms with Crippen molar-refractivity contribution in [2.75, 3.05) is 5.32 Å². The maximum absolute atomic E-state index is 12.7. The Balaban J connectivity index is 1.76. The first kappa shape index (κ1) is 17.7. The number of anilines is 1. The van der Waals surface area contributed by atoms with E-state index in [-0.39, 0.29) is 5.91 Å². The molecule has 2 aromatic carbocycles. The standard InChI is InChI=1S/C21H22N2O3/c1-4-16-8-7-9-17(12-16)22-21(24)18-10-5-6-11-20(18)25-13-19-14(2)23-26-15(19)3/h5-12H,4,13H2,1-3H3,(H,22,24). The highest BCUT2D eigenvalue weighted by atomic mass is 16.5. The van der Waals surface area contributed by atoms with Crippen molar-refractivity contribution in [2.45, 2.75) is 33.8 Å². The molecule has 1 aromatic heterocycles. The molecule has 26 heavy (non-hydrogen) atoms. The van der Waals surface area contributed by atoms with E-state index >= 15 is 0 Å².